The second kappa shape index (κ2) is 12.2. The molecule has 3 aromatic rings. The Kier molecular flexibility index (Phi) is 11.5. The number of hydrogen-bond donors (Lipinski definition) is 0. The topological polar surface area (TPSA) is 0 Å². The Bertz CT molecular complexity index is 1080. The van der Waals surface area contributed by atoms with Crippen molar-refractivity contribution in [2.75, 3.05) is 0 Å². The first-order valence-corrected chi connectivity index (χ1v) is 12.8. The minimum Gasteiger partial charge on any atom is -0.358 e. The van der Waals surface area contributed by atoms with Gasteiger partial charge in [0.05, 0.1) is 0 Å². The van der Waals surface area contributed by atoms with E-state index in [-0.39, 0.29) is 49.0 Å². The largest absolute Gasteiger partial charge is 4.00 e. The molecule has 34 heavy (non-hydrogen) atoms. The molecule has 1 aliphatic carbocycles. The van der Waals surface area contributed by atoms with Crippen molar-refractivity contribution >= 4 is 23.6 Å². The van der Waals surface area contributed by atoms with Gasteiger partial charge in [-0.1, -0.05) is 116 Å². The average molecular weight is 501 g/mol. The van der Waals surface area contributed by atoms with Gasteiger partial charge in [0.15, 0.2) is 0 Å². The summed E-state index contributed by atoms with van der Waals surface area (Å²) in [5, 5.41) is 4.19. The van der Waals surface area contributed by atoms with E-state index < -0.39 is 8.07 Å². The minimum absolute atomic E-state index is 0. The van der Waals surface area contributed by atoms with Crippen LogP contribution in [0.4, 0.5) is 0 Å². The van der Waals surface area contributed by atoms with Crippen LogP contribution < -0.4 is 15.6 Å². The summed E-state index contributed by atoms with van der Waals surface area (Å²) in [4.78, 5) is 0. The first kappa shape index (κ1) is 32.1. The maximum Gasteiger partial charge on any atom is 4.00 e. The van der Waals surface area contributed by atoms with E-state index in [1.54, 1.807) is 0 Å². The molecule has 0 radical (unpaired) electrons. The molecule has 0 bridgehead atoms. The van der Waals surface area contributed by atoms with Gasteiger partial charge in [0.2, 0.25) is 0 Å². The molecule has 0 heterocycles. The van der Waals surface area contributed by atoms with Crippen LogP contribution in [0.5, 0.6) is 0 Å². The summed E-state index contributed by atoms with van der Waals surface area (Å²) in [7, 11) is -2.51. The van der Waals surface area contributed by atoms with Gasteiger partial charge in [-0.15, -0.1) is 6.92 Å². The second-order valence-electron chi connectivity index (χ2n) is 8.98. The van der Waals surface area contributed by atoms with Gasteiger partial charge in [-0.05, 0) is 29.4 Å². The maximum absolute atomic E-state index is 4.01. The Labute approximate surface area is 226 Å². The van der Waals surface area contributed by atoms with E-state index in [4.69, 9.17) is 0 Å². The molecule has 1 unspecified atom stereocenters. The summed E-state index contributed by atoms with van der Waals surface area (Å²) < 4.78 is 0. The number of allylic oxidation sites excluding steroid dienone is 4. The van der Waals surface area contributed by atoms with Gasteiger partial charge >= 0.3 is 21.7 Å². The average Bonchev–Trinajstić information content (AvgIpc) is 2.93. The summed E-state index contributed by atoms with van der Waals surface area (Å²) in [6.07, 6.45) is 4.01. The van der Waals surface area contributed by atoms with Crippen LogP contribution in [0.1, 0.15) is 38.8 Å². The number of aryl methyl sites for hydroxylation is 2. The first-order valence-electron chi connectivity index (χ1n) is 10.8. The molecule has 1 atom stereocenters. The third-order valence-corrected chi connectivity index (χ3v) is 12.7. The predicted octanol–water partition coefficient (Wildman–Crippen LogP) is 6.98. The van der Waals surface area contributed by atoms with Crippen molar-refractivity contribution in [2.24, 2.45) is 0 Å². The molecule has 0 saturated carbocycles. The molecule has 3 aromatic carbocycles. The van der Waals surface area contributed by atoms with E-state index in [0.29, 0.717) is 0 Å². The van der Waals surface area contributed by atoms with Gasteiger partial charge < -0.3 is 22.3 Å². The van der Waals surface area contributed by atoms with Crippen LogP contribution in [0.2, 0.25) is 5.04 Å². The first-order chi connectivity index (χ1) is 14.3. The molecule has 0 amide bonds. The van der Waals surface area contributed by atoms with E-state index in [9.17, 15) is 0 Å². The monoisotopic (exact) mass is 500 g/mol. The summed E-state index contributed by atoms with van der Waals surface area (Å²) in [6.45, 7) is 13.7. The van der Waals surface area contributed by atoms with Crippen LogP contribution in [-0.2, 0) is 21.7 Å². The standard InChI is InChI=1S/C29H31Si.3CH3.Ti/c1-21-17-22(2)19-28(18-21)30(26-13-9-7-10-14-26,27-15-11-8-12-16-27)29(6)20-23(3)24(4)25(29)5;;;;/h7-19H,1-6H3;3*1H3;/q4*-1;+4. The Morgan fingerprint density at radius 2 is 1.03 bits per heavy atom. The molecule has 0 N–H and O–H groups in total. The van der Waals surface area contributed by atoms with E-state index in [0.717, 1.165) is 0 Å². The molecule has 2 heteroatoms. The molecule has 0 fully saturated rings. The van der Waals surface area contributed by atoms with Crippen LogP contribution in [0.15, 0.2) is 95.6 Å². The van der Waals surface area contributed by atoms with Crippen molar-refractivity contribution in [2.45, 2.75) is 46.6 Å². The fourth-order valence-electron chi connectivity index (χ4n) is 5.53. The predicted molar refractivity (Wildman–Crippen MR) is 152 cm³/mol. The van der Waals surface area contributed by atoms with Crippen molar-refractivity contribution in [1.82, 2.24) is 0 Å². The molecule has 0 nitrogen and oxygen atoms in total. The number of hydrogen-bond acceptors (Lipinski definition) is 0. The molecule has 4 rings (SSSR count). The van der Waals surface area contributed by atoms with E-state index in [1.165, 1.54) is 43.4 Å². The van der Waals surface area contributed by atoms with Crippen molar-refractivity contribution in [3.05, 3.63) is 135 Å². The second-order valence-corrected chi connectivity index (χ2v) is 13.2. The fraction of sp³-hybridized carbons (Fsp3) is 0.219. The van der Waals surface area contributed by atoms with Gasteiger partial charge in [0.1, 0.15) is 8.07 Å². The Balaban J connectivity index is 0.00000272. The molecule has 1 aliphatic rings. The van der Waals surface area contributed by atoms with Crippen molar-refractivity contribution in [1.29, 1.82) is 0 Å². The molecular weight excluding hydrogens is 460 g/mol. The Morgan fingerprint density at radius 1 is 0.618 bits per heavy atom. The van der Waals surface area contributed by atoms with Gasteiger partial charge in [-0.2, -0.15) is 11.1 Å². The zero-order valence-corrected chi connectivity index (χ0v) is 25.1. The summed E-state index contributed by atoms with van der Waals surface area (Å²) >= 11 is 0. The Hall–Kier alpha value is -1.93. The van der Waals surface area contributed by atoms with Crippen molar-refractivity contribution < 1.29 is 21.7 Å². The SMILES string of the molecule is CC1=[C-]C(C)([Si](c2ccccc2)(c2ccccc2)c2cc(C)cc(C)c2)C(C)=C1C.[CH3-].[CH3-].[CH3-].[Ti+4]. The van der Waals surface area contributed by atoms with Gasteiger partial charge in [-0.25, -0.2) is 5.57 Å². The van der Waals surface area contributed by atoms with Crippen molar-refractivity contribution in [3.8, 4) is 0 Å². The van der Waals surface area contributed by atoms with Crippen LogP contribution in [0.3, 0.4) is 0 Å². The van der Waals surface area contributed by atoms with Gasteiger partial charge in [0.25, 0.3) is 0 Å². The van der Waals surface area contributed by atoms with Crippen molar-refractivity contribution in [3.63, 3.8) is 0 Å². The molecule has 0 spiro atoms. The smallest absolute Gasteiger partial charge is 0.358 e. The quantitative estimate of drug-likeness (QED) is 0.206. The van der Waals surface area contributed by atoms with E-state index >= 15 is 0 Å². The normalized spacial score (nSPS) is 16.9. The molecule has 0 saturated heterocycles. The number of benzene rings is 3. The zero-order chi connectivity index (χ0) is 21.5. The van der Waals surface area contributed by atoms with Crippen LogP contribution in [0, 0.1) is 42.2 Å². The van der Waals surface area contributed by atoms with Crippen LogP contribution >= 0.6 is 0 Å². The minimum atomic E-state index is -2.51. The summed E-state index contributed by atoms with van der Waals surface area (Å²) in [5.41, 5.74) is 6.80. The third kappa shape index (κ3) is 4.89. The van der Waals surface area contributed by atoms with Crippen LogP contribution in [-0.4, -0.2) is 8.07 Å². The number of rotatable bonds is 4. The summed E-state index contributed by atoms with van der Waals surface area (Å²) in [6, 6.07) is 29.6. The molecular formula is C32H40SiTi. The summed E-state index contributed by atoms with van der Waals surface area (Å²) in [5.74, 6) is 0. The maximum atomic E-state index is 4.01. The van der Waals surface area contributed by atoms with E-state index in [1.807, 2.05) is 0 Å². The fourth-order valence-corrected chi connectivity index (χ4v) is 11.7. The molecule has 0 aliphatic heterocycles. The third-order valence-electron chi connectivity index (χ3n) is 7.13. The van der Waals surface area contributed by atoms with Gasteiger partial charge in [-0.3, -0.25) is 6.08 Å². The molecule has 176 valence electrons. The van der Waals surface area contributed by atoms with Gasteiger partial charge in [0, 0.05) is 0 Å². The zero-order valence-electron chi connectivity index (χ0n) is 22.5. The van der Waals surface area contributed by atoms with E-state index in [2.05, 4.69) is 126 Å². The van der Waals surface area contributed by atoms with Crippen LogP contribution in [0.25, 0.3) is 0 Å². The molecule has 0 aromatic heterocycles. The Morgan fingerprint density at radius 3 is 1.38 bits per heavy atom.